The van der Waals surface area contributed by atoms with Crippen molar-refractivity contribution >= 4 is 29.1 Å². The summed E-state index contributed by atoms with van der Waals surface area (Å²) >= 11 is 13.0. The SMILES string of the molecule is CCCCCCCCCC(=O)N(CCN(C)C)Cc1ccc(OC)c(-c2c(Cl)cccc2Cl)c1. The molecule has 0 aliphatic heterocycles. The lowest BCUT2D eigenvalue weighted by Crippen LogP contribution is -2.36. The molecule has 0 spiro atoms. The van der Waals surface area contributed by atoms with E-state index in [4.69, 9.17) is 27.9 Å². The molecule has 1 amide bonds. The zero-order chi connectivity index (χ0) is 24.9. The van der Waals surface area contributed by atoms with Crippen LogP contribution in [0.15, 0.2) is 36.4 Å². The molecule has 4 nitrogen and oxygen atoms in total. The van der Waals surface area contributed by atoms with Crippen LogP contribution in [0, 0.1) is 0 Å². The maximum Gasteiger partial charge on any atom is 0.222 e. The van der Waals surface area contributed by atoms with Crippen molar-refractivity contribution in [3.05, 3.63) is 52.0 Å². The Morgan fingerprint density at radius 1 is 0.912 bits per heavy atom. The molecule has 0 aliphatic rings. The Morgan fingerprint density at radius 2 is 1.56 bits per heavy atom. The summed E-state index contributed by atoms with van der Waals surface area (Å²) in [4.78, 5) is 17.2. The largest absolute Gasteiger partial charge is 0.496 e. The number of nitrogens with zero attached hydrogens (tertiary/aromatic N) is 2. The quantitative estimate of drug-likeness (QED) is 0.232. The number of hydrogen-bond donors (Lipinski definition) is 0. The monoisotopic (exact) mass is 506 g/mol. The molecule has 0 bridgehead atoms. The molecule has 0 saturated heterocycles. The molecule has 0 unspecified atom stereocenters. The Labute approximate surface area is 216 Å². The van der Waals surface area contributed by atoms with E-state index in [0.717, 1.165) is 36.1 Å². The van der Waals surface area contributed by atoms with Crippen molar-refractivity contribution in [2.24, 2.45) is 0 Å². The summed E-state index contributed by atoms with van der Waals surface area (Å²) in [5, 5.41) is 1.14. The predicted octanol–water partition coefficient (Wildman–Crippen LogP) is 7.70. The van der Waals surface area contributed by atoms with Crippen LogP contribution in [0.25, 0.3) is 11.1 Å². The third-order valence-corrected chi connectivity index (χ3v) is 6.66. The summed E-state index contributed by atoms with van der Waals surface area (Å²) in [5.41, 5.74) is 2.61. The molecule has 6 heteroatoms. The molecule has 2 aromatic carbocycles. The Bertz CT molecular complexity index is 882. The van der Waals surface area contributed by atoms with Gasteiger partial charge in [0.25, 0.3) is 0 Å². The van der Waals surface area contributed by atoms with Gasteiger partial charge in [-0.2, -0.15) is 0 Å². The minimum absolute atomic E-state index is 0.212. The van der Waals surface area contributed by atoms with Gasteiger partial charge in [0.2, 0.25) is 5.91 Å². The smallest absolute Gasteiger partial charge is 0.222 e. The van der Waals surface area contributed by atoms with Gasteiger partial charge in [-0.25, -0.2) is 0 Å². The van der Waals surface area contributed by atoms with Gasteiger partial charge >= 0.3 is 0 Å². The standard InChI is InChI=1S/C28H40Cl2N2O2/c1-5-6-7-8-9-10-11-15-27(33)32(19-18-31(2)3)21-22-16-17-26(34-4)23(20-22)28-24(29)13-12-14-25(28)30/h12-14,16-17,20H,5-11,15,18-19,21H2,1-4H3. The van der Waals surface area contributed by atoms with Gasteiger partial charge in [0.15, 0.2) is 0 Å². The fraction of sp³-hybridized carbons (Fsp3) is 0.536. The van der Waals surface area contributed by atoms with Crippen LogP contribution < -0.4 is 4.74 Å². The van der Waals surface area contributed by atoms with Crippen molar-refractivity contribution in [1.29, 1.82) is 0 Å². The molecule has 0 radical (unpaired) electrons. The number of methoxy groups -OCH3 is 1. The number of halogens is 2. The van der Waals surface area contributed by atoms with Gasteiger partial charge in [0.05, 0.1) is 17.2 Å². The van der Waals surface area contributed by atoms with E-state index >= 15 is 0 Å². The van der Waals surface area contributed by atoms with Crippen LogP contribution >= 0.6 is 23.2 Å². The van der Waals surface area contributed by atoms with Crippen molar-refractivity contribution in [2.75, 3.05) is 34.3 Å². The first-order chi connectivity index (χ1) is 16.4. The van der Waals surface area contributed by atoms with E-state index in [0.29, 0.717) is 35.3 Å². The lowest BCUT2D eigenvalue weighted by Gasteiger charge is -2.25. The lowest BCUT2D eigenvalue weighted by atomic mass is 10.0. The Hall–Kier alpha value is -1.75. The average molecular weight is 508 g/mol. The third-order valence-electron chi connectivity index (χ3n) is 6.03. The van der Waals surface area contributed by atoms with Crippen LogP contribution in [0.4, 0.5) is 0 Å². The van der Waals surface area contributed by atoms with E-state index in [-0.39, 0.29) is 5.91 Å². The zero-order valence-corrected chi connectivity index (χ0v) is 22.7. The molecule has 0 saturated carbocycles. The normalized spacial score (nSPS) is 11.1. The maximum atomic E-state index is 13.1. The van der Waals surface area contributed by atoms with Crippen LogP contribution in [0.1, 0.15) is 63.9 Å². The number of unbranched alkanes of at least 4 members (excludes halogenated alkanes) is 6. The van der Waals surface area contributed by atoms with Gasteiger partial charge in [-0.3, -0.25) is 4.79 Å². The molecule has 0 aromatic heterocycles. The highest BCUT2D eigenvalue weighted by Gasteiger charge is 2.18. The number of benzene rings is 2. The van der Waals surface area contributed by atoms with E-state index in [9.17, 15) is 4.79 Å². The van der Waals surface area contributed by atoms with E-state index in [1.165, 1.54) is 32.1 Å². The van der Waals surface area contributed by atoms with Gasteiger partial charge in [0, 0.05) is 37.2 Å². The first-order valence-electron chi connectivity index (χ1n) is 12.4. The number of likely N-dealkylation sites (N-methyl/N-ethyl adjacent to an activating group) is 1. The minimum atomic E-state index is 0.212. The highest BCUT2D eigenvalue weighted by molar-refractivity contribution is 6.39. The highest BCUT2D eigenvalue weighted by atomic mass is 35.5. The van der Waals surface area contributed by atoms with E-state index in [2.05, 4.69) is 11.8 Å². The van der Waals surface area contributed by atoms with Crippen LogP contribution in [-0.4, -0.2) is 50.0 Å². The molecule has 0 aliphatic carbocycles. The molecule has 0 fully saturated rings. The van der Waals surface area contributed by atoms with Gasteiger partial charge in [0.1, 0.15) is 5.75 Å². The summed E-state index contributed by atoms with van der Waals surface area (Å²) in [5.74, 6) is 0.913. The summed E-state index contributed by atoms with van der Waals surface area (Å²) in [7, 11) is 5.70. The second kappa shape index (κ2) is 15.3. The fourth-order valence-corrected chi connectivity index (χ4v) is 4.63. The summed E-state index contributed by atoms with van der Waals surface area (Å²) in [6, 6.07) is 11.5. The molecular formula is C28H40Cl2N2O2. The molecular weight excluding hydrogens is 467 g/mol. The van der Waals surface area contributed by atoms with E-state index in [1.807, 2.05) is 55.4 Å². The molecule has 34 heavy (non-hydrogen) atoms. The molecule has 0 N–H and O–H groups in total. The van der Waals surface area contributed by atoms with Gasteiger partial charge in [-0.15, -0.1) is 0 Å². The summed E-state index contributed by atoms with van der Waals surface area (Å²) in [6.07, 6.45) is 9.02. The van der Waals surface area contributed by atoms with Crippen molar-refractivity contribution in [1.82, 2.24) is 9.80 Å². The lowest BCUT2D eigenvalue weighted by molar-refractivity contribution is -0.132. The number of carbonyl (C=O) groups is 1. The van der Waals surface area contributed by atoms with Crippen molar-refractivity contribution < 1.29 is 9.53 Å². The van der Waals surface area contributed by atoms with E-state index in [1.54, 1.807) is 7.11 Å². The molecule has 188 valence electrons. The number of ether oxygens (including phenoxy) is 1. The van der Waals surface area contributed by atoms with Gasteiger partial charge < -0.3 is 14.5 Å². The van der Waals surface area contributed by atoms with Gasteiger partial charge in [-0.05, 0) is 50.3 Å². The Morgan fingerprint density at radius 3 is 2.18 bits per heavy atom. The first kappa shape index (κ1) is 28.5. The van der Waals surface area contributed by atoms with Crippen molar-refractivity contribution in [3.8, 4) is 16.9 Å². The molecule has 0 atom stereocenters. The van der Waals surface area contributed by atoms with Crippen LogP contribution in [0.5, 0.6) is 5.75 Å². The number of amides is 1. The van der Waals surface area contributed by atoms with Gasteiger partial charge in [-0.1, -0.05) is 80.8 Å². The maximum absolute atomic E-state index is 13.1. The minimum Gasteiger partial charge on any atom is -0.496 e. The second-order valence-electron chi connectivity index (χ2n) is 9.12. The fourth-order valence-electron chi connectivity index (χ4n) is 4.03. The van der Waals surface area contributed by atoms with Crippen LogP contribution in [0.3, 0.4) is 0 Å². The Balaban J connectivity index is 2.13. The first-order valence-corrected chi connectivity index (χ1v) is 13.2. The Kier molecular flexibility index (Phi) is 12.8. The topological polar surface area (TPSA) is 32.8 Å². The van der Waals surface area contributed by atoms with Crippen molar-refractivity contribution in [2.45, 2.75) is 64.8 Å². The van der Waals surface area contributed by atoms with Crippen LogP contribution in [-0.2, 0) is 11.3 Å². The number of hydrogen-bond acceptors (Lipinski definition) is 3. The van der Waals surface area contributed by atoms with Crippen molar-refractivity contribution in [3.63, 3.8) is 0 Å². The third kappa shape index (κ3) is 9.13. The average Bonchev–Trinajstić information content (AvgIpc) is 2.81. The zero-order valence-electron chi connectivity index (χ0n) is 21.2. The molecule has 0 heterocycles. The summed E-state index contributed by atoms with van der Waals surface area (Å²) in [6.45, 7) is 4.29. The number of rotatable bonds is 15. The molecule has 2 rings (SSSR count). The summed E-state index contributed by atoms with van der Waals surface area (Å²) < 4.78 is 5.59. The molecule has 2 aromatic rings. The van der Waals surface area contributed by atoms with Crippen LogP contribution in [0.2, 0.25) is 10.0 Å². The predicted molar refractivity (Wildman–Crippen MR) is 145 cm³/mol. The number of carbonyl (C=O) groups excluding carboxylic acids is 1. The van der Waals surface area contributed by atoms with E-state index < -0.39 is 0 Å². The highest BCUT2D eigenvalue weighted by Crippen LogP contribution is 2.40. The second-order valence-corrected chi connectivity index (χ2v) is 9.94.